The van der Waals surface area contributed by atoms with Crippen molar-refractivity contribution in [2.24, 2.45) is 0 Å². The van der Waals surface area contributed by atoms with Crippen LogP contribution in [-0.2, 0) is 24.2 Å². The molecule has 0 fully saturated rings. The molecule has 0 spiro atoms. The highest BCUT2D eigenvalue weighted by atomic mass is 32.2. The van der Waals surface area contributed by atoms with Crippen molar-refractivity contribution in [2.45, 2.75) is 52.4 Å². The third-order valence-electron chi connectivity index (χ3n) is 3.90. The second-order valence-electron chi connectivity index (χ2n) is 5.64. The van der Waals surface area contributed by atoms with Gasteiger partial charge < -0.3 is 4.18 Å². The molecule has 2 aromatic rings. The zero-order valence-electron chi connectivity index (χ0n) is 13.3. The highest BCUT2D eigenvalue weighted by Gasteiger charge is 2.07. The molecule has 0 saturated carbocycles. The maximum atomic E-state index is 10.8. The van der Waals surface area contributed by atoms with Crippen LogP contribution in [0.15, 0.2) is 30.3 Å². The maximum Gasteiger partial charge on any atom is 0.357 e. The molecule has 2 rings (SSSR count). The fourth-order valence-corrected chi connectivity index (χ4v) is 2.97. The van der Waals surface area contributed by atoms with Gasteiger partial charge in [0.1, 0.15) is 5.75 Å². The summed E-state index contributed by atoms with van der Waals surface area (Å²) in [6.45, 7) is 4.42. The van der Waals surface area contributed by atoms with Crippen LogP contribution in [0.25, 0.3) is 10.8 Å². The molecule has 0 aliphatic heterocycles. The summed E-state index contributed by atoms with van der Waals surface area (Å²) >= 11 is -2.28. The monoisotopic (exact) mass is 320 g/mol. The van der Waals surface area contributed by atoms with Crippen LogP contribution in [0, 0.1) is 0 Å². The molecule has 1 unspecified atom stereocenters. The van der Waals surface area contributed by atoms with Crippen molar-refractivity contribution in [3.63, 3.8) is 0 Å². The minimum Gasteiger partial charge on any atom is -0.380 e. The molecule has 0 heterocycles. The molecular weight excluding hydrogens is 296 g/mol. The molecule has 4 heteroatoms. The molecule has 0 aromatic heterocycles. The second kappa shape index (κ2) is 8.30. The van der Waals surface area contributed by atoms with E-state index in [1.165, 1.54) is 36.8 Å². The van der Waals surface area contributed by atoms with Crippen molar-refractivity contribution < 1.29 is 12.9 Å². The van der Waals surface area contributed by atoms with E-state index < -0.39 is 11.4 Å². The van der Waals surface area contributed by atoms with Gasteiger partial charge in [-0.05, 0) is 59.7 Å². The molecular formula is C18H24O3S. The van der Waals surface area contributed by atoms with Crippen molar-refractivity contribution in [2.75, 3.05) is 0 Å². The molecule has 0 aliphatic rings. The number of fused-ring (bicyclic) bond motifs is 1. The molecule has 0 aliphatic carbocycles. The van der Waals surface area contributed by atoms with Gasteiger partial charge in [-0.2, -0.15) is 4.21 Å². The van der Waals surface area contributed by atoms with Crippen molar-refractivity contribution in [1.29, 1.82) is 0 Å². The van der Waals surface area contributed by atoms with Crippen molar-refractivity contribution in [1.82, 2.24) is 0 Å². The molecule has 1 N–H and O–H groups in total. The third-order valence-corrected chi connectivity index (χ3v) is 4.23. The van der Waals surface area contributed by atoms with E-state index in [1.807, 2.05) is 12.1 Å². The van der Waals surface area contributed by atoms with Crippen LogP contribution in [0.3, 0.4) is 0 Å². The lowest BCUT2D eigenvalue weighted by atomic mass is 9.94. The number of hydrogen-bond acceptors (Lipinski definition) is 2. The zero-order chi connectivity index (χ0) is 15.9. The highest BCUT2D eigenvalue weighted by Crippen LogP contribution is 2.27. The van der Waals surface area contributed by atoms with Gasteiger partial charge in [-0.25, -0.2) is 0 Å². The molecule has 120 valence electrons. The topological polar surface area (TPSA) is 46.5 Å². The molecule has 0 saturated heterocycles. The van der Waals surface area contributed by atoms with Crippen LogP contribution in [-0.4, -0.2) is 8.76 Å². The molecule has 1 atom stereocenters. The molecule has 0 amide bonds. The minimum absolute atomic E-state index is 0.427. The largest absolute Gasteiger partial charge is 0.380 e. The van der Waals surface area contributed by atoms with E-state index in [9.17, 15) is 4.21 Å². The SMILES string of the molecule is CCCCc1cc2ccc(OS(=O)O)cc2cc1CCCC. The summed E-state index contributed by atoms with van der Waals surface area (Å²) < 4.78 is 24.5. The number of unbranched alkanes of at least 4 members (excludes halogenated alkanes) is 2. The van der Waals surface area contributed by atoms with Gasteiger partial charge in [-0.15, -0.1) is 0 Å². The Hall–Kier alpha value is -1.39. The summed E-state index contributed by atoms with van der Waals surface area (Å²) in [6.07, 6.45) is 6.96. The van der Waals surface area contributed by atoms with Gasteiger partial charge in [-0.3, -0.25) is 4.55 Å². The lowest BCUT2D eigenvalue weighted by Crippen LogP contribution is -1.98. The smallest absolute Gasteiger partial charge is 0.357 e. The third kappa shape index (κ3) is 4.55. The van der Waals surface area contributed by atoms with Crippen LogP contribution >= 0.6 is 0 Å². The normalized spacial score (nSPS) is 12.5. The average molecular weight is 320 g/mol. The summed E-state index contributed by atoms with van der Waals surface area (Å²) in [5.74, 6) is 0.427. The lowest BCUT2D eigenvalue weighted by Gasteiger charge is -2.12. The van der Waals surface area contributed by atoms with E-state index in [4.69, 9.17) is 8.74 Å². The van der Waals surface area contributed by atoms with E-state index in [2.05, 4.69) is 26.0 Å². The van der Waals surface area contributed by atoms with E-state index in [0.717, 1.165) is 23.6 Å². The zero-order valence-corrected chi connectivity index (χ0v) is 14.1. The maximum absolute atomic E-state index is 10.8. The fourth-order valence-electron chi connectivity index (χ4n) is 2.70. The van der Waals surface area contributed by atoms with Crippen molar-refractivity contribution in [3.8, 4) is 5.75 Å². The summed E-state index contributed by atoms with van der Waals surface area (Å²) in [5, 5.41) is 2.22. The van der Waals surface area contributed by atoms with E-state index in [0.29, 0.717) is 5.75 Å². The molecule has 3 nitrogen and oxygen atoms in total. The molecule has 22 heavy (non-hydrogen) atoms. The fraction of sp³-hybridized carbons (Fsp3) is 0.444. The molecule has 0 radical (unpaired) electrons. The van der Waals surface area contributed by atoms with Gasteiger partial charge in [0.2, 0.25) is 0 Å². The predicted octanol–water partition coefficient (Wildman–Crippen LogP) is 5.04. The first kappa shape index (κ1) is 17.0. The first-order valence-electron chi connectivity index (χ1n) is 7.98. The van der Waals surface area contributed by atoms with Crippen molar-refractivity contribution in [3.05, 3.63) is 41.5 Å². The standard InChI is InChI=1S/C18H24O3S/c1-3-5-7-14-11-16-9-10-18(21-22(19)20)13-17(16)12-15(14)8-6-4-2/h9-13H,3-8H2,1-2H3,(H,19,20). The summed E-state index contributed by atoms with van der Waals surface area (Å²) in [5.41, 5.74) is 2.83. The predicted molar refractivity (Wildman–Crippen MR) is 92.6 cm³/mol. The van der Waals surface area contributed by atoms with Crippen LogP contribution in [0.5, 0.6) is 5.75 Å². The average Bonchev–Trinajstić information content (AvgIpc) is 2.49. The Morgan fingerprint density at radius 1 is 0.955 bits per heavy atom. The summed E-state index contributed by atoms with van der Waals surface area (Å²) in [4.78, 5) is 0. The molecule has 0 bridgehead atoms. The first-order valence-corrected chi connectivity index (χ1v) is 9.02. The van der Waals surface area contributed by atoms with E-state index in [1.54, 1.807) is 6.07 Å². The van der Waals surface area contributed by atoms with Gasteiger partial charge in [0.05, 0.1) is 0 Å². The Morgan fingerprint density at radius 2 is 1.55 bits per heavy atom. The Bertz CT molecular complexity index is 652. The Morgan fingerprint density at radius 3 is 2.09 bits per heavy atom. The molecule has 2 aromatic carbocycles. The van der Waals surface area contributed by atoms with Gasteiger partial charge >= 0.3 is 11.4 Å². The Balaban J connectivity index is 2.39. The number of rotatable bonds is 8. The van der Waals surface area contributed by atoms with Crippen LogP contribution < -0.4 is 4.18 Å². The van der Waals surface area contributed by atoms with Crippen LogP contribution in [0.1, 0.15) is 50.7 Å². The van der Waals surface area contributed by atoms with Gasteiger partial charge in [-0.1, -0.05) is 44.9 Å². The van der Waals surface area contributed by atoms with Gasteiger partial charge in [0, 0.05) is 0 Å². The summed E-state index contributed by atoms with van der Waals surface area (Å²) in [7, 11) is 0. The number of aryl methyl sites for hydroxylation is 2. The van der Waals surface area contributed by atoms with Gasteiger partial charge in [0.15, 0.2) is 0 Å². The number of benzene rings is 2. The van der Waals surface area contributed by atoms with Crippen molar-refractivity contribution >= 4 is 22.1 Å². The quantitative estimate of drug-likeness (QED) is 0.693. The minimum atomic E-state index is -2.28. The van der Waals surface area contributed by atoms with E-state index in [-0.39, 0.29) is 0 Å². The second-order valence-corrected chi connectivity index (χ2v) is 6.24. The van der Waals surface area contributed by atoms with Crippen LogP contribution in [0.2, 0.25) is 0 Å². The van der Waals surface area contributed by atoms with Crippen LogP contribution in [0.4, 0.5) is 0 Å². The number of hydrogen-bond donors (Lipinski definition) is 1. The van der Waals surface area contributed by atoms with E-state index >= 15 is 0 Å². The summed E-state index contributed by atoms with van der Waals surface area (Å²) in [6, 6.07) is 10.0. The Labute approximate surface area is 135 Å². The lowest BCUT2D eigenvalue weighted by molar-refractivity contribution is 0.458. The van der Waals surface area contributed by atoms with Gasteiger partial charge in [0.25, 0.3) is 0 Å². The first-order chi connectivity index (χ1) is 10.6. The highest BCUT2D eigenvalue weighted by molar-refractivity contribution is 7.74. The Kier molecular flexibility index (Phi) is 6.40.